The molecule has 0 radical (unpaired) electrons. The molecule has 4 nitrogen and oxygen atoms in total. The van der Waals surface area contributed by atoms with E-state index in [9.17, 15) is 4.79 Å². The summed E-state index contributed by atoms with van der Waals surface area (Å²) in [6.07, 6.45) is 3.64. The van der Waals surface area contributed by atoms with Crippen molar-refractivity contribution in [1.82, 2.24) is 9.47 Å². The maximum absolute atomic E-state index is 11.5. The minimum Gasteiger partial charge on any atom is -0.369 e. The van der Waals surface area contributed by atoms with Crippen molar-refractivity contribution in [3.63, 3.8) is 0 Å². The van der Waals surface area contributed by atoms with Gasteiger partial charge in [-0.05, 0) is 48.7 Å². The van der Waals surface area contributed by atoms with E-state index in [-0.39, 0.29) is 11.8 Å². The molecular weight excluding hydrogens is 470 g/mol. The van der Waals surface area contributed by atoms with E-state index in [1.54, 1.807) is 0 Å². The lowest BCUT2D eigenvalue weighted by Crippen LogP contribution is -2.41. The summed E-state index contributed by atoms with van der Waals surface area (Å²) >= 11 is 15.5. The molecule has 0 saturated carbocycles. The topological polar surface area (TPSA) is 51.3 Å². The summed E-state index contributed by atoms with van der Waals surface area (Å²) in [6.45, 7) is 2.25. The fraction of sp³-hybridized carbons (Fsp3) is 0.273. The molecule has 1 amide bonds. The Balaban J connectivity index is 1.65. The summed E-state index contributed by atoms with van der Waals surface area (Å²) in [5.74, 6) is -0.256. The zero-order valence-electron chi connectivity index (χ0n) is 15.8. The van der Waals surface area contributed by atoms with Crippen LogP contribution in [-0.4, -0.2) is 33.5 Å². The Morgan fingerprint density at radius 1 is 1.17 bits per heavy atom. The molecule has 1 aromatic heterocycles. The number of benzene rings is 2. The van der Waals surface area contributed by atoms with Gasteiger partial charge in [-0.25, -0.2) is 0 Å². The van der Waals surface area contributed by atoms with E-state index >= 15 is 0 Å². The van der Waals surface area contributed by atoms with Crippen LogP contribution in [0.3, 0.4) is 0 Å². The summed E-state index contributed by atoms with van der Waals surface area (Å²) in [4.78, 5) is 14.5. The zero-order valence-corrected chi connectivity index (χ0v) is 18.9. The van der Waals surface area contributed by atoms with E-state index in [2.05, 4.69) is 43.7 Å². The summed E-state index contributed by atoms with van der Waals surface area (Å²) in [5, 5.41) is 1.85. The van der Waals surface area contributed by atoms with Crippen LogP contribution < -0.4 is 5.73 Å². The number of carbonyl (C=O) groups is 1. The van der Waals surface area contributed by atoms with E-state index in [4.69, 9.17) is 29.6 Å². The molecular formula is C22H21BrClN3OS. The van der Waals surface area contributed by atoms with Crippen molar-refractivity contribution < 1.29 is 4.79 Å². The van der Waals surface area contributed by atoms with Crippen molar-refractivity contribution in [2.75, 3.05) is 13.1 Å². The summed E-state index contributed by atoms with van der Waals surface area (Å²) in [7, 11) is 0. The smallest absolute Gasteiger partial charge is 0.220 e. The summed E-state index contributed by atoms with van der Waals surface area (Å²) in [6, 6.07) is 14.2. The summed E-state index contributed by atoms with van der Waals surface area (Å²) < 4.78 is 3.24. The van der Waals surface area contributed by atoms with Crippen LogP contribution >= 0.6 is 39.7 Å². The highest BCUT2D eigenvalue weighted by Gasteiger charge is 2.26. The quantitative estimate of drug-likeness (QED) is 0.525. The van der Waals surface area contributed by atoms with Gasteiger partial charge in [-0.15, -0.1) is 0 Å². The SMILES string of the molecule is NC(=O)C1CCN(C(=S)c2cn(Cc3ccc(Cl)cc3)c3ccc(Br)cc23)CC1. The van der Waals surface area contributed by atoms with Gasteiger partial charge in [0.25, 0.3) is 0 Å². The van der Waals surface area contributed by atoms with Crippen LogP contribution in [-0.2, 0) is 11.3 Å². The molecule has 4 rings (SSSR count). The number of amides is 1. The zero-order chi connectivity index (χ0) is 20.5. The molecule has 1 aliphatic rings. The lowest BCUT2D eigenvalue weighted by molar-refractivity contribution is -0.122. The molecule has 0 bridgehead atoms. The Morgan fingerprint density at radius 2 is 1.86 bits per heavy atom. The normalized spacial score (nSPS) is 15.0. The predicted octanol–water partition coefficient (Wildman–Crippen LogP) is 4.98. The van der Waals surface area contributed by atoms with Crippen LogP contribution in [0.4, 0.5) is 0 Å². The Hall–Kier alpha value is -1.89. The standard InChI is InChI=1S/C22H21BrClN3OS/c23-16-3-6-20-18(11-16)19(13-27(20)12-14-1-4-17(24)5-2-14)22(29)26-9-7-15(8-10-26)21(25)28/h1-6,11,13,15H,7-10,12H2,(H2,25,28). The number of halogens is 2. The molecule has 1 saturated heterocycles. The minimum atomic E-state index is -0.209. The van der Waals surface area contributed by atoms with Crippen LogP contribution in [0.2, 0.25) is 5.02 Å². The largest absolute Gasteiger partial charge is 0.369 e. The number of piperidine rings is 1. The first-order valence-corrected chi connectivity index (χ1v) is 11.1. The number of carbonyl (C=O) groups excluding carboxylic acids is 1. The van der Waals surface area contributed by atoms with Gasteiger partial charge in [0, 0.05) is 57.7 Å². The molecule has 3 aromatic rings. The first kappa shape index (κ1) is 20.4. The van der Waals surface area contributed by atoms with Crippen molar-refractivity contribution in [2.24, 2.45) is 11.7 Å². The van der Waals surface area contributed by atoms with Crippen LogP contribution in [0.25, 0.3) is 10.9 Å². The van der Waals surface area contributed by atoms with Gasteiger partial charge in [-0.2, -0.15) is 0 Å². The Morgan fingerprint density at radius 3 is 2.52 bits per heavy atom. The highest BCUT2D eigenvalue weighted by Crippen LogP contribution is 2.29. The fourth-order valence-electron chi connectivity index (χ4n) is 3.89. The highest BCUT2D eigenvalue weighted by molar-refractivity contribution is 9.10. The molecule has 1 aliphatic heterocycles. The van der Waals surface area contributed by atoms with E-state index in [0.29, 0.717) is 0 Å². The molecule has 29 heavy (non-hydrogen) atoms. The molecule has 0 atom stereocenters. The molecule has 2 N–H and O–H groups in total. The molecule has 7 heteroatoms. The Labute approximate surface area is 188 Å². The number of thiocarbonyl (C=S) groups is 1. The number of fused-ring (bicyclic) bond motifs is 1. The molecule has 0 unspecified atom stereocenters. The number of nitrogens with zero attached hydrogens (tertiary/aromatic N) is 2. The van der Waals surface area contributed by atoms with Gasteiger partial charge in [-0.1, -0.05) is 51.9 Å². The first-order chi connectivity index (χ1) is 13.9. The van der Waals surface area contributed by atoms with E-state index in [0.717, 1.165) is 63.4 Å². The van der Waals surface area contributed by atoms with Gasteiger partial charge in [-0.3, -0.25) is 4.79 Å². The van der Waals surface area contributed by atoms with Gasteiger partial charge < -0.3 is 15.2 Å². The van der Waals surface area contributed by atoms with E-state index < -0.39 is 0 Å². The van der Waals surface area contributed by atoms with Gasteiger partial charge in [0.1, 0.15) is 4.99 Å². The second-order valence-electron chi connectivity index (χ2n) is 7.43. The van der Waals surface area contributed by atoms with Gasteiger partial charge in [0.2, 0.25) is 5.91 Å². The number of nitrogens with two attached hydrogens (primary N) is 1. The first-order valence-electron chi connectivity index (χ1n) is 9.54. The highest BCUT2D eigenvalue weighted by atomic mass is 79.9. The van der Waals surface area contributed by atoms with Gasteiger partial charge >= 0.3 is 0 Å². The monoisotopic (exact) mass is 489 g/mol. The minimum absolute atomic E-state index is 0.0468. The van der Waals surface area contributed by atoms with Crippen molar-refractivity contribution in [2.45, 2.75) is 19.4 Å². The number of hydrogen-bond donors (Lipinski definition) is 1. The third-order valence-corrected chi connectivity index (χ3v) is 6.75. The number of likely N-dealkylation sites (tertiary alicyclic amines) is 1. The molecule has 0 spiro atoms. The summed E-state index contributed by atoms with van der Waals surface area (Å²) in [5.41, 5.74) is 8.82. The third kappa shape index (κ3) is 4.34. The molecule has 2 aromatic carbocycles. The number of primary amides is 1. The fourth-order valence-corrected chi connectivity index (χ4v) is 4.73. The van der Waals surface area contributed by atoms with Crippen molar-refractivity contribution in [1.29, 1.82) is 0 Å². The maximum atomic E-state index is 11.5. The van der Waals surface area contributed by atoms with Crippen molar-refractivity contribution >= 4 is 61.5 Å². The van der Waals surface area contributed by atoms with Crippen LogP contribution in [0.5, 0.6) is 0 Å². The third-order valence-electron chi connectivity index (χ3n) is 5.52. The lowest BCUT2D eigenvalue weighted by Gasteiger charge is -2.32. The van der Waals surface area contributed by atoms with Crippen LogP contribution in [0, 0.1) is 5.92 Å². The lowest BCUT2D eigenvalue weighted by atomic mass is 9.96. The Bertz CT molecular complexity index is 1070. The molecule has 2 heterocycles. The van der Waals surface area contributed by atoms with Crippen molar-refractivity contribution in [3.8, 4) is 0 Å². The van der Waals surface area contributed by atoms with Crippen LogP contribution in [0.1, 0.15) is 24.0 Å². The predicted molar refractivity (Wildman–Crippen MR) is 125 cm³/mol. The number of hydrogen-bond acceptors (Lipinski definition) is 2. The molecule has 1 fully saturated rings. The van der Waals surface area contributed by atoms with Gasteiger partial charge in [0.05, 0.1) is 0 Å². The van der Waals surface area contributed by atoms with Crippen LogP contribution in [0.15, 0.2) is 53.1 Å². The molecule has 0 aliphatic carbocycles. The molecule has 150 valence electrons. The Kier molecular flexibility index (Phi) is 5.95. The van der Waals surface area contributed by atoms with Crippen molar-refractivity contribution in [3.05, 3.63) is 69.3 Å². The number of aromatic nitrogens is 1. The van der Waals surface area contributed by atoms with Gasteiger partial charge in [0.15, 0.2) is 0 Å². The van der Waals surface area contributed by atoms with E-state index in [1.165, 1.54) is 5.56 Å². The maximum Gasteiger partial charge on any atom is 0.220 e. The average molecular weight is 491 g/mol. The second-order valence-corrected chi connectivity index (χ2v) is 9.17. The average Bonchev–Trinajstić information content (AvgIpc) is 3.06. The van der Waals surface area contributed by atoms with E-state index in [1.807, 2.05) is 30.3 Å². The second kappa shape index (κ2) is 8.46. The number of rotatable bonds is 4.